The first kappa shape index (κ1) is 21.1. The van der Waals surface area contributed by atoms with E-state index in [9.17, 15) is 4.79 Å². The normalized spacial score (nSPS) is 17.5. The van der Waals surface area contributed by atoms with E-state index in [1.54, 1.807) is 36.1 Å². The maximum absolute atomic E-state index is 13.0. The topological polar surface area (TPSA) is 101 Å². The Bertz CT molecular complexity index is 1060. The number of rotatable bonds is 3. The molecule has 1 fully saturated rings. The number of hydrogen-bond acceptors (Lipinski definition) is 7. The zero-order valence-corrected chi connectivity index (χ0v) is 17.7. The largest absolute Gasteiger partial charge is 0.490 e. The molecule has 1 unspecified atom stereocenters. The number of nitrogens with zero attached hydrogens (tertiary/aromatic N) is 4. The van der Waals surface area contributed by atoms with Crippen LogP contribution in [0.4, 0.5) is 11.4 Å². The van der Waals surface area contributed by atoms with Crippen LogP contribution in [0.3, 0.4) is 0 Å². The number of aromatic nitrogens is 3. The molecule has 1 amide bonds. The fourth-order valence-electron chi connectivity index (χ4n) is 3.79. The summed E-state index contributed by atoms with van der Waals surface area (Å²) in [7, 11) is 0. The van der Waals surface area contributed by atoms with Gasteiger partial charge in [0, 0.05) is 50.1 Å². The van der Waals surface area contributed by atoms with Gasteiger partial charge >= 0.3 is 0 Å². The fourth-order valence-corrected chi connectivity index (χ4v) is 3.79. The molecule has 1 saturated heterocycles. The van der Waals surface area contributed by atoms with Crippen LogP contribution in [-0.4, -0.2) is 64.6 Å². The molecular weight excluding hydrogens is 398 g/mol. The molecule has 9 heteroatoms. The van der Waals surface area contributed by atoms with Crippen LogP contribution in [0.1, 0.15) is 29.8 Å². The number of morpholine rings is 1. The third-order valence-corrected chi connectivity index (χ3v) is 5.14. The summed E-state index contributed by atoms with van der Waals surface area (Å²) in [5, 5.41) is 14.9. The first-order valence-corrected chi connectivity index (χ1v) is 10.5. The molecule has 1 atom stereocenters. The molecule has 9 nitrogen and oxygen atoms in total. The lowest BCUT2D eigenvalue weighted by molar-refractivity contribution is 0.102. The number of benzene rings is 1. The molecule has 5 rings (SSSR count). The van der Waals surface area contributed by atoms with Crippen molar-refractivity contribution in [3.05, 3.63) is 47.9 Å². The molecule has 0 bridgehead atoms. The molecule has 0 spiro atoms. The van der Waals surface area contributed by atoms with Gasteiger partial charge in [0.1, 0.15) is 17.4 Å². The van der Waals surface area contributed by atoms with Gasteiger partial charge in [0.25, 0.3) is 5.91 Å². The van der Waals surface area contributed by atoms with Crippen molar-refractivity contribution in [2.75, 3.05) is 43.1 Å². The van der Waals surface area contributed by atoms with E-state index >= 15 is 0 Å². The molecule has 0 aliphatic carbocycles. The van der Waals surface area contributed by atoms with Crippen LogP contribution in [0.5, 0.6) is 5.75 Å². The minimum Gasteiger partial charge on any atom is -0.490 e. The number of anilines is 2. The van der Waals surface area contributed by atoms with Gasteiger partial charge in [0.2, 0.25) is 0 Å². The van der Waals surface area contributed by atoms with Gasteiger partial charge in [-0.25, -0.2) is 9.50 Å². The maximum atomic E-state index is 13.0. The molecule has 2 aromatic heterocycles. The van der Waals surface area contributed by atoms with E-state index in [1.807, 2.05) is 12.1 Å². The van der Waals surface area contributed by atoms with Gasteiger partial charge in [0.15, 0.2) is 5.65 Å². The molecule has 31 heavy (non-hydrogen) atoms. The molecule has 4 heterocycles. The zero-order valence-electron chi connectivity index (χ0n) is 17.7. The molecule has 164 valence electrons. The third-order valence-electron chi connectivity index (χ3n) is 5.14. The molecule has 2 N–H and O–H groups in total. The zero-order chi connectivity index (χ0) is 21.8. The van der Waals surface area contributed by atoms with Crippen LogP contribution in [0.15, 0.2) is 36.8 Å². The molecular formula is C22H27N5O4. The first-order valence-electron chi connectivity index (χ1n) is 10.5. The van der Waals surface area contributed by atoms with Crippen molar-refractivity contribution < 1.29 is 19.4 Å². The predicted octanol–water partition coefficient (Wildman–Crippen LogP) is 2.14. The SMILES string of the molecule is CC1Cc2cc(NC(=O)c3cnn4cccnc34)c(N3CCOCC3)cc2O1.CCO. The van der Waals surface area contributed by atoms with Gasteiger partial charge in [-0.2, -0.15) is 5.10 Å². The van der Waals surface area contributed by atoms with Crippen molar-refractivity contribution >= 4 is 22.9 Å². The van der Waals surface area contributed by atoms with Crippen molar-refractivity contribution in [3.8, 4) is 5.75 Å². The second-order valence-electron chi connectivity index (χ2n) is 7.43. The summed E-state index contributed by atoms with van der Waals surface area (Å²) in [6, 6.07) is 5.84. The molecule has 3 aromatic rings. The second-order valence-corrected chi connectivity index (χ2v) is 7.43. The van der Waals surface area contributed by atoms with Crippen LogP contribution < -0.4 is 15.0 Å². The fraction of sp³-hybridized carbons (Fsp3) is 0.409. The van der Waals surface area contributed by atoms with Crippen LogP contribution >= 0.6 is 0 Å². The number of carbonyl (C=O) groups is 1. The van der Waals surface area contributed by atoms with Crippen LogP contribution in [0, 0.1) is 0 Å². The average Bonchev–Trinajstić information content (AvgIpc) is 3.36. The number of nitrogens with one attached hydrogen (secondary N) is 1. The lowest BCUT2D eigenvalue weighted by Gasteiger charge is -2.31. The van der Waals surface area contributed by atoms with Gasteiger partial charge in [-0.15, -0.1) is 0 Å². The Morgan fingerprint density at radius 3 is 2.87 bits per heavy atom. The molecule has 0 radical (unpaired) electrons. The highest BCUT2D eigenvalue weighted by molar-refractivity contribution is 6.09. The summed E-state index contributed by atoms with van der Waals surface area (Å²) < 4.78 is 13.0. The lowest BCUT2D eigenvalue weighted by atomic mass is 10.1. The van der Waals surface area contributed by atoms with E-state index in [-0.39, 0.29) is 18.6 Å². The lowest BCUT2D eigenvalue weighted by Crippen LogP contribution is -2.36. The predicted molar refractivity (Wildman–Crippen MR) is 117 cm³/mol. The molecule has 1 aromatic carbocycles. The summed E-state index contributed by atoms with van der Waals surface area (Å²) >= 11 is 0. The molecule has 0 saturated carbocycles. The van der Waals surface area contributed by atoms with Gasteiger partial charge in [0.05, 0.1) is 30.8 Å². The van der Waals surface area contributed by atoms with Crippen LogP contribution in [-0.2, 0) is 11.2 Å². The van der Waals surface area contributed by atoms with E-state index in [1.165, 1.54) is 0 Å². The minimum atomic E-state index is -0.227. The highest BCUT2D eigenvalue weighted by Crippen LogP contribution is 2.39. The second kappa shape index (κ2) is 9.32. The Labute approximate surface area is 180 Å². The highest BCUT2D eigenvalue weighted by atomic mass is 16.5. The number of aliphatic hydroxyl groups excluding tert-OH is 1. The molecule has 2 aliphatic rings. The Morgan fingerprint density at radius 2 is 2.10 bits per heavy atom. The van der Waals surface area contributed by atoms with Gasteiger partial charge in [-0.1, -0.05) is 0 Å². The van der Waals surface area contributed by atoms with Crippen molar-refractivity contribution in [3.63, 3.8) is 0 Å². The summed E-state index contributed by atoms with van der Waals surface area (Å²) in [5.41, 5.74) is 3.81. The summed E-state index contributed by atoms with van der Waals surface area (Å²) in [6.07, 6.45) is 5.94. The highest BCUT2D eigenvalue weighted by Gasteiger charge is 2.25. The number of aliphatic hydroxyl groups is 1. The number of amides is 1. The van der Waals surface area contributed by atoms with E-state index in [0.29, 0.717) is 24.4 Å². The van der Waals surface area contributed by atoms with Crippen LogP contribution in [0.2, 0.25) is 0 Å². The van der Waals surface area contributed by atoms with Crippen molar-refractivity contribution in [2.45, 2.75) is 26.4 Å². The standard InChI is InChI=1S/C20H21N5O3.C2H6O/c1-13-9-14-10-16(17(11-18(14)28-13)24-5-7-27-8-6-24)23-20(26)15-12-22-25-4-2-3-21-19(15)25;1-2-3/h2-4,10-13H,5-9H2,1H3,(H,23,26);3H,2H2,1H3. The monoisotopic (exact) mass is 425 g/mol. The van der Waals surface area contributed by atoms with E-state index in [4.69, 9.17) is 14.6 Å². The van der Waals surface area contributed by atoms with Crippen molar-refractivity contribution in [1.29, 1.82) is 0 Å². The van der Waals surface area contributed by atoms with Gasteiger partial charge in [-0.3, -0.25) is 4.79 Å². The quantitative estimate of drug-likeness (QED) is 0.663. The van der Waals surface area contributed by atoms with E-state index in [2.05, 4.69) is 27.2 Å². The Morgan fingerprint density at radius 1 is 1.32 bits per heavy atom. The third kappa shape index (κ3) is 4.47. The number of ether oxygens (including phenoxy) is 2. The van der Waals surface area contributed by atoms with Gasteiger partial charge < -0.3 is 24.8 Å². The first-order chi connectivity index (χ1) is 15.1. The van der Waals surface area contributed by atoms with Crippen LogP contribution in [0.25, 0.3) is 5.65 Å². The number of hydrogen-bond donors (Lipinski definition) is 2. The number of carbonyl (C=O) groups excluding carboxylic acids is 1. The summed E-state index contributed by atoms with van der Waals surface area (Å²) in [6.45, 7) is 6.86. The molecule has 2 aliphatic heterocycles. The number of fused-ring (bicyclic) bond motifs is 2. The Kier molecular flexibility index (Phi) is 6.34. The Hall–Kier alpha value is -3.17. The van der Waals surface area contributed by atoms with E-state index < -0.39 is 0 Å². The van der Waals surface area contributed by atoms with Crippen molar-refractivity contribution in [1.82, 2.24) is 14.6 Å². The summed E-state index contributed by atoms with van der Waals surface area (Å²) in [4.78, 5) is 19.5. The smallest absolute Gasteiger partial charge is 0.261 e. The van der Waals surface area contributed by atoms with Gasteiger partial charge in [-0.05, 0) is 26.0 Å². The maximum Gasteiger partial charge on any atom is 0.261 e. The van der Waals surface area contributed by atoms with Crippen molar-refractivity contribution in [2.24, 2.45) is 0 Å². The Balaban J connectivity index is 0.000000730. The minimum absolute atomic E-state index is 0.141. The average molecular weight is 425 g/mol. The van der Waals surface area contributed by atoms with E-state index in [0.717, 1.165) is 42.2 Å². The summed E-state index contributed by atoms with van der Waals surface area (Å²) in [5.74, 6) is 0.666.